The Balaban J connectivity index is 1.70. The van der Waals surface area contributed by atoms with Crippen LogP contribution >= 0.6 is 11.8 Å². The van der Waals surface area contributed by atoms with Crippen LogP contribution in [-0.2, 0) is 9.59 Å². The molecular formula is C20H29N5O3S. The molecule has 3 N–H and O–H groups in total. The Hall–Kier alpha value is -2.10. The fourth-order valence-corrected chi connectivity index (χ4v) is 5.05. The minimum absolute atomic E-state index is 0.0392. The first-order valence-electron chi connectivity index (χ1n) is 9.77. The molecular weight excluding hydrogens is 390 g/mol. The molecule has 8 nitrogen and oxygen atoms in total. The van der Waals surface area contributed by atoms with Gasteiger partial charge in [0.05, 0.1) is 29.4 Å². The second kappa shape index (κ2) is 8.73. The number of rotatable bonds is 5. The Kier molecular flexibility index (Phi) is 6.50. The van der Waals surface area contributed by atoms with Crippen LogP contribution in [0.3, 0.4) is 0 Å². The van der Waals surface area contributed by atoms with Gasteiger partial charge in [-0.2, -0.15) is 0 Å². The second-order valence-electron chi connectivity index (χ2n) is 7.71. The van der Waals surface area contributed by atoms with Crippen LogP contribution in [0.4, 0.5) is 10.5 Å². The van der Waals surface area contributed by atoms with Crippen LogP contribution in [0.15, 0.2) is 18.2 Å². The largest absolute Gasteiger partial charge is 0.327 e. The van der Waals surface area contributed by atoms with Crippen LogP contribution < -0.4 is 16.0 Å². The van der Waals surface area contributed by atoms with Crippen molar-refractivity contribution in [2.45, 2.75) is 44.9 Å². The topological polar surface area (TPSA) is 93.8 Å². The van der Waals surface area contributed by atoms with E-state index in [9.17, 15) is 14.4 Å². The van der Waals surface area contributed by atoms with E-state index in [0.29, 0.717) is 0 Å². The van der Waals surface area contributed by atoms with Crippen molar-refractivity contribution < 1.29 is 14.4 Å². The third kappa shape index (κ3) is 4.57. The number of imide groups is 1. The molecule has 4 unspecified atom stereocenters. The Morgan fingerprint density at radius 1 is 1.14 bits per heavy atom. The van der Waals surface area contributed by atoms with Gasteiger partial charge in [-0.15, -0.1) is 11.8 Å². The summed E-state index contributed by atoms with van der Waals surface area (Å²) in [6.07, 6.45) is 0.362. The fraction of sp³-hybridized carbons (Fsp3) is 0.550. The maximum Gasteiger partial charge on any atom is 0.327 e. The summed E-state index contributed by atoms with van der Waals surface area (Å²) in [7, 11) is 3.19. The first kappa shape index (κ1) is 21.6. The zero-order chi connectivity index (χ0) is 21.3. The van der Waals surface area contributed by atoms with E-state index in [0.717, 1.165) is 28.1 Å². The van der Waals surface area contributed by atoms with Crippen molar-refractivity contribution in [1.82, 2.24) is 20.4 Å². The molecule has 0 bridgehead atoms. The summed E-state index contributed by atoms with van der Waals surface area (Å²) >= 11 is 1.40. The van der Waals surface area contributed by atoms with Gasteiger partial charge in [-0.25, -0.2) is 4.79 Å². The van der Waals surface area contributed by atoms with Crippen LogP contribution in [-0.4, -0.2) is 65.2 Å². The summed E-state index contributed by atoms with van der Waals surface area (Å²) in [5.74, 6) is -0.616. The first-order valence-corrected chi connectivity index (χ1v) is 10.8. The predicted molar refractivity (Wildman–Crippen MR) is 114 cm³/mol. The smallest absolute Gasteiger partial charge is 0.325 e. The lowest BCUT2D eigenvalue weighted by molar-refractivity contribution is -0.140. The van der Waals surface area contributed by atoms with Crippen molar-refractivity contribution in [3.8, 4) is 0 Å². The molecule has 0 spiro atoms. The molecule has 3 rings (SSSR count). The highest BCUT2D eigenvalue weighted by atomic mass is 32.2. The number of aryl methyl sites for hydroxylation is 2. The monoisotopic (exact) mass is 419 g/mol. The lowest BCUT2D eigenvalue weighted by Gasteiger charge is -2.50. The number of fused-ring (bicyclic) bond motifs is 1. The SMILES string of the molecule is CCC1NC(SCC(=O)Nc2cc(C)cc(C)c2)C2C(=O)N(C)C(=O)N(C)C2N1. The molecule has 158 valence electrons. The number of nitrogens with one attached hydrogen (secondary N) is 3. The van der Waals surface area contributed by atoms with E-state index in [4.69, 9.17) is 0 Å². The normalized spacial score (nSPS) is 27.1. The number of benzene rings is 1. The van der Waals surface area contributed by atoms with E-state index in [1.54, 1.807) is 11.9 Å². The van der Waals surface area contributed by atoms with E-state index >= 15 is 0 Å². The number of carbonyl (C=O) groups is 3. The first-order chi connectivity index (χ1) is 13.7. The number of thioether (sulfide) groups is 1. The van der Waals surface area contributed by atoms with Crippen LogP contribution in [0.2, 0.25) is 0 Å². The lowest BCUT2D eigenvalue weighted by atomic mass is 9.97. The average molecular weight is 420 g/mol. The van der Waals surface area contributed by atoms with Crippen molar-refractivity contribution in [2.75, 3.05) is 25.2 Å². The minimum atomic E-state index is -0.468. The quantitative estimate of drug-likeness (QED) is 0.673. The second-order valence-corrected chi connectivity index (χ2v) is 8.84. The molecule has 1 aromatic carbocycles. The molecule has 2 fully saturated rings. The summed E-state index contributed by atoms with van der Waals surface area (Å²) in [6.45, 7) is 6.01. The zero-order valence-electron chi connectivity index (χ0n) is 17.5. The third-order valence-electron chi connectivity index (χ3n) is 5.33. The summed E-state index contributed by atoms with van der Waals surface area (Å²) in [5, 5.41) is 9.41. The number of hydrogen-bond donors (Lipinski definition) is 3. The Labute approximate surface area is 175 Å². The highest BCUT2D eigenvalue weighted by Crippen LogP contribution is 2.31. The predicted octanol–water partition coefficient (Wildman–Crippen LogP) is 1.70. The van der Waals surface area contributed by atoms with Crippen LogP contribution in [0.25, 0.3) is 0 Å². The van der Waals surface area contributed by atoms with Crippen molar-refractivity contribution in [3.05, 3.63) is 29.3 Å². The van der Waals surface area contributed by atoms with E-state index in [2.05, 4.69) is 22.0 Å². The molecule has 2 aliphatic rings. The molecule has 9 heteroatoms. The minimum Gasteiger partial charge on any atom is -0.325 e. The molecule has 0 radical (unpaired) electrons. The molecule has 4 atom stereocenters. The maximum absolute atomic E-state index is 12.8. The summed E-state index contributed by atoms with van der Waals surface area (Å²) in [5.41, 5.74) is 2.95. The average Bonchev–Trinajstić information content (AvgIpc) is 2.67. The van der Waals surface area contributed by atoms with Gasteiger partial charge in [0.2, 0.25) is 11.8 Å². The van der Waals surface area contributed by atoms with Crippen molar-refractivity contribution >= 4 is 35.3 Å². The van der Waals surface area contributed by atoms with Crippen molar-refractivity contribution in [3.63, 3.8) is 0 Å². The van der Waals surface area contributed by atoms with E-state index in [1.807, 2.05) is 32.9 Å². The highest BCUT2D eigenvalue weighted by Gasteiger charge is 2.50. The zero-order valence-corrected chi connectivity index (χ0v) is 18.3. The number of amides is 4. The summed E-state index contributed by atoms with van der Waals surface area (Å²) in [4.78, 5) is 40.4. The number of urea groups is 1. The van der Waals surface area contributed by atoms with Crippen LogP contribution in [0.1, 0.15) is 24.5 Å². The number of hydrogen-bond acceptors (Lipinski definition) is 6. The van der Waals surface area contributed by atoms with Gasteiger partial charge in [-0.3, -0.25) is 25.1 Å². The molecule has 0 saturated carbocycles. The molecule has 2 saturated heterocycles. The molecule has 0 aromatic heterocycles. The van der Waals surface area contributed by atoms with E-state index < -0.39 is 12.1 Å². The molecule has 1 aromatic rings. The van der Waals surface area contributed by atoms with E-state index in [-0.39, 0.29) is 35.1 Å². The van der Waals surface area contributed by atoms with Gasteiger partial charge in [-0.05, 0) is 43.5 Å². The Bertz CT molecular complexity index is 797. The summed E-state index contributed by atoms with van der Waals surface area (Å²) < 4.78 is 0. The number of carbonyl (C=O) groups excluding carboxylic acids is 3. The van der Waals surface area contributed by atoms with E-state index in [1.165, 1.54) is 18.8 Å². The van der Waals surface area contributed by atoms with Crippen LogP contribution in [0, 0.1) is 19.8 Å². The number of anilines is 1. The van der Waals surface area contributed by atoms with Gasteiger partial charge in [0, 0.05) is 19.8 Å². The van der Waals surface area contributed by atoms with Crippen molar-refractivity contribution in [2.24, 2.45) is 5.92 Å². The maximum atomic E-state index is 12.8. The van der Waals surface area contributed by atoms with Crippen LogP contribution in [0.5, 0.6) is 0 Å². The lowest BCUT2D eigenvalue weighted by Crippen LogP contribution is -2.74. The molecule has 0 aliphatic carbocycles. The molecule has 4 amide bonds. The standard InChI is InChI=1S/C20H29N5O3S/c1-6-14-22-17-16(19(27)25(5)20(28)24(17)4)18(23-14)29-10-15(26)21-13-8-11(2)7-12(3)9-13/h7-9,14,16-18,22-23H,6,10H2,1-5H3,(H,21,26). The molecule has 29 heavy (non-hydrogen) atoms. The molecule has 2 aliphatic heterocycles. The van der Waals surface area contributed by atoms with Gasteiger partial charge in [0.25, 0.3) is 0 Å². The van der Waals surface area contributed by atoms with Gasteiger partial charge >= 0.3 is 6.03 Å². The van der Waals surface area contributed by atoms with Gasteiger partial charge in [0.15, 0.2) is 0 Å². The summed E-state index contributed by atoms with van der Waals surface area (Å²) in [6, 6.07) is 5.59. The molecule has 2 heterocycles. The Morgan fingerprint density at radius 3 is 2.41 bits per heavy atom. The van der Waals surface area contributed by atoms with Gasteiger partial charge in [-0.1, -0.05) is 13.0 Å². The van der Waals surface area contributed by atoms with Gasteiger partial charge < -0.3 is 10.2 Å². The third-order valence-corrected chi connectivity index (χ3v) is 6.55. The highest BCUT2D eigenvalue weighted by molar-refractivity contribution is 8.00. The Morgan fingerprint density at radius 2 is 1.79 bits per heavy atom. The fourth-order valence-electron chi connectivity index (χ4n) is 3.91. The van der Waals surface area contributed by atoms with Crippen molar-refractivity contribution in [1.29, 1.82) is 0 Å². The van der Waals surface area contributed by atoms with Gasteiger partial charge in [0.1, 0.15) is 0 Å². The number of nitrogens with zero attached hydrogens (tertiary/aromatic N) is 2.